The second-order valence-electron chi connectivity index (χ2n) is 10.1. The zero-order valence-corrected chi connectivity index (χ0v) is 21.2. The number of benzene rings is 1. The normalized spacial score (nSPS) is 18.2. The van der Waals surface area contributed by atoms with Crippen molar-refractivity contribution in [2.45, 2.75) is 58.8 Å². The molecule has 2 aliphatic heterocycles. The van der Waals surface area contributed by atoms with Crippen molar-refractivity contribution in [1.29, 1.82) is 0 Å². The zero-order chi connectivity index (χ0) is 23.1. The van der Waals surface area contributed by atoms with E-state index in [1.807, 2.05) is 11.3 Å². The summed E-state index contributed by atoms with van der Waals surface area (Å²) in [6.07, 6.45) is 5.37. The number of methoxy groups -OCH3 is 1. The SMILES string of the molecule is COC=O.Cc1ccc(N2CCC(C3CCN(c4nc(C(C)(C)C)cs4)CC3)CC2)cc1. The van der Waals surface area contributed by atoms with E-state index in [9.17, 15) is 0 Å². The molecule has 0 unspecified atom stereocenters. The third-order valence-corrected chi connectivity index (χ3v) is 7.67. The van der Waals surface area contributed by atoms with Gasteiger partial charge in [-0.15, -0.1) is 11.3 Å². The van der Waals surface area contributed by atoms with Crippen molar-refractivity contribution in [3.8, 4) is 0 Å². The summed E-state index contributed by atoms with van der Waals surface area (Å²) in [4.78, 5) is 19.0. The van der Waals surface area contributed by atoms with E-state index in [0.29, 0.717) is 6.47 Å². The number of carbonyl (C=O) groups excluding carboxylic acids is 1. The number of ether oxygens (including phenoxy) is 1. The molecule has 0 atom stereocenters. The first-order valence-electron chi connectivity index (χ1n) is 11.8. The summed E-state index contributed by atoms with van der Waals surface area (Å²) in [5.41, 5.74) is 4.13. The maximum atomic E-state index is 8.95. The summed E-state index contributed by atoms with van der Waals surface area (Å²) in [7, 11) is 1.31. The number of piperidine rings is 2. The second kappa shape index (κ2) is 11.2. The maximum absolute atomic E-state index is 8.95. The highest BCUT2D eigenvalue weighted by Crippen LogP contribution is 2.36. The summed E-state index contributed by atoms with van der Waals surface area (Å²) < 4.78 is 3.86. The lowest BCUT2D eigenvalue weighted by Crippen LogP contribution is -2.41. The maximum Gasteiger partial charge on any atom is 0.292 e. The number of aromatic nitrogens is 1. The number of hydrogen-bond donors (Lipinski definition) is 0. The molecule has 0 N–H and O–H groups in total. The van der Waals surface area contributed by atoms with Gasteiger partial charge in [0.05, 0.1) is 12.8 Å². The van der Waals surface area contributed by atoms with Crippen molar-refractivity contribution in [1.82, 2.24) is 4.98 Å². The predicted molar refractivity (Wildman–Crippen MR) is 135 cm³/mol. The number of nitrogens with zero attached hydrogens (tertiary/aromatic N) is 3. The van der Waals surface area contributed by atoms with E-state index in [-0.39, 0.29) is 5.41 Å². The summed E-state index contributed by atoms with van der Waals surface area (Å²) in [5, 5.41) is 3.49. The molecule has 0 spiro atoms. The molecule has 0 aliphatic carbocycles. The molecule has 0 saturated carbocycles. The van der Waals surface area contributed by atoms with Gasteiger partial charge >= 0.3 is 0 Å². The monoisotopic (exact) mass is 457 g/mol. The van der Waals surface area contributed by atoms with Crippen LogP contribution in [0.15, 0.2) is 29.6 Å². The number of carbonyl (C=O) groups is 1. The van der Waals surface area contributed by atoms with Gasteiger partial charge in [0, 0.05) is 42.7 Å². The number of thiazole rings is 1. The highest BCUT2D eigenvalue weighted by Gasteiger charge is 2.30. The number of rotatable bonds is 4. The summed E-state index contributed by atoms with van der Waals surface area (Å²) in [6.45, 7) is 14.1. The lowest BCUT2D eigenvalue weighted by molar-refractivity contribution is -0.126. The fourth-order valence-electron chi connectivity index (χ4n) is 4.70. The lowest BCUT2D eigenvalue weighted by Gasteiger charge is -2.41. The van der Waals surface area contributed by atoms with E-state index in [0.717, 1.165) is 11.8 Å². The predicted octanol–water partition coefficient (Wildman–Crippen LogP) is 5.67. The summed E-state index contributed by atoms with van der Waals surface area (Å²) >= 11 is 1.83. The molecule has 1 aromatic carbocycles. The standard InChI is InChI=1S/C24H35N3S.C2H4O2/c1-18-5-7-21(8-6-18)26-13-9-19(10-14-26)20-11-15-27(16-12-20)23-25-22(17-28-23)24(2,3)4;1-4-2-3/h5-8,17,19-20H,9-16H2,1-4H3;2H,1H3. The summed E-state index contributed by atoms with van der Waals surface area (Å²) in [5.74, 6) is 1.81. The van der Waals surface area contributed by atoms with Crippen molar-refractivity contribution in [2.24, 2.45) is 11.8 Å². The fourth-order valence-corrected chi connectivity index (χ4v) is 5.81. The van der Waals surface area contributed by atoms with Gasteiger partial charge in [-0.25, -0.2) is 4.98 Å². The van der Waals surface area contributed by atoms with Gasteiger partial charge < -0.3 is 14.5 Å². The van der Waals surface area contributed by atoms with Crippen molar-refractivity contribution in [3.63, 3.8) is 0 Å². The molecule has 2 aliphatic rings. The van der Waals surface area contributed by atoms with Gasteiger partial charge in [-0.2, -0.15) is 0 Å². The molecule has 1 aromatic heterocycles. The minimum absolute atomic E-state index is 0.151. The summed E-state index contributed by atoms with van der Waals surface area (Å²) in [6, 6.07) is 9.05. The van der Waals surface area contributed by atoms with Crippen LogP contribution in [0.25, 0.3) is 0 Å². The smallest absolute Gasteiger partial charge is 0.292 e. The van der Waals surface area contributed by atoms with E-state index in [1.165, 1.54) is 81.0 Å². The number of aryl methyl sites for hydroxylation is 1. The van der Waals surface area contributed by atoms with Gasteiger partial charge in [0.25, 0.3) is 6.47 Å². The Morgan fingerprint density at radius 3 is 1.91 bits per heavy atom. The van der Waals surface area contributed by atoms with Crippen LogP contribution < -0.4 is 9.80 Å². The first kappa shape index (κ1) is 24.6. The first-order chi connectivity index (χ1) is 15.3. The molecular weight excluding hydrogens is 418 g/mol. The minimum atomic E-state index is 0.151. The highest BCUT2D eigenvalue weighted by atomic mass is 32.1. The van der Waals surface area contributed by atoms with Crippen molar-refractivity contribution in [3.05, 3.63) is 40.9 Å². The Bertz CT molecular complexity index is 828. The van der Waals surface area contributed by atoms with Crippen LogP contribution in [0, 0.1) is 18.8 Å². The van der Waals surface area contributed by atoms with E-state index in [2.05, 4.69) is 71.9 Å². The van der Waals surface area contributed by atoms with Crippen LogP contribution in [0.4, 0.5) is 10.8 Å². The lowest BCUT2D eigenvalue weighted by atomic mass is 9.79. The van der Waals surface area contributed by atoms with E-state index in [4.69, 9.17) is 9.78 Å². The quantitative estimate of drug-likeness (QED) is 0.554. The minimum Gasteiger partial charge on any atom is -0.471 e. The van der Waals surface area contributed by atoms with Crippen LogP contribution in [0.3, 0.4) is 0 Å². The molecule has 5 nitrogen and oxygen atoms in total. The van der Waals surface area contributed by atoms with E-state index in [1.54, 1.807) is 0 Å². The average molecular weight is 458 g/mol. The van der Waals surface area contributed by atoms with E-state index >= 15 is 0 Å². The largest absolute Gasteiger partial charge is 0.471 e. The number of hydrogen-bond acceptors (Lipinski definition) is 6. The van der Waals surface area contributed by atoms with Crippen molar-refractivity contribution >= 4 is 28.6 Å². The Balaban J connectivity index is 0.000000668. The van der Waals surface area contributed by atoms with Gasteiger partial charge in [0.15, 0.2) is 5.13 Å². The van der Waals surface area contributed by atoms with E-state index < -0.39 is 0 Å². The van der Waals surface area contributed by atoms with Crippen LogP contribution in [-0.2, 0) is 14.9 Å². The molecule has 2 aromatic rings. The molecule has 4 rings (SSSR count). The Morgan fingerprint density at radius 2 is 1.47 bits per heavy atom. The molecule has 32 heavy (non-hydrogen) atoms. The molecule has 0 bridgehead atoms. The Labute approximate surface area is 197 Å². The molecule has 0 radical (unpaired) electrons. The molecule has 0 amide bonds. The molecule has 6 heteroatoms. The molecular formula is C26H39N3O2S. The van der Waals surface area contributed by atoms with Crippen molar-refractivity contribution < 1.29 is 9.53 Å². The van der Waals surface area contributed by atoms with Crippen LogP contribution in [0.5, 0.6) is 0 Å². The zero-order valence-electron chi connectivity index (χ0n) is 20.3. The molecule has 3 heterocycles. The molecule has 2 fully saturated rings. The van der Waals surface area contributed by atoms with Gasteiger partial charge in [0.1, 0.15) is 0 Å². The van der Waals surface area contributed by atoms with Crippen LogP contribution in [-0.4, -0.2) is 44.7 Å². The third-order valence-electron chi connectivity index (χ3n) is 6.77. The highest BCUT2D eigenvalue weighted by molar-refractivity contribution is 7.13. The Hall–Kier alpha value is -2.08. The molecule has 176 valence electrons. The van der Waals surface area contributed by atoms with Gasteiger partial charge in [-0.3, -0.25) is 4.79 Å². The fraction of sp³-hybridized carbons (Fsp3) is 0.615. The Morgan fingerprint density at radius 1 is 0.969 bits per heavy atom. The van der Waals surface area contributed by atoms with Crippen LogP contribution >= 0.6 is 11.3 Å². The van der Waals surface area contributed by atoms with Crippen LogP contribution in [0.2, 0.25) is 0 Å². The van der Waals surface area contributed by atoms with Crippen molar-refractivity contribution in [2.75, 3.05) is 43.1 Å². The topological polar surface area (TPSA) is 45.7 Å². The average Bonchev–Trinajstić information content (AvgIpc) is 3.31. The third kappa shape index (κ3) is 6.47. The Kier molecular flexibility index (Phi) is 8.57. The molecule has 2 saturated heterocycles. The van der Waals surface area contributed by atoms with Gasteiger partial charge in [0.2, 0.25) is 0 Å². The second-order valence-corrected chi connectivity index (χ2v) is 10.9. The van der Waals surface area contributed by atoms with Crippen LogP contribution in [0.1, 0.15) is 57.7 Å². The van der Waals surface area contributed by atoms with Gasteiger partial charge in [-0.05, 0) is 56.6 Å². The first-order valence-corrected chi connectivity index (χ1v) is 12.7. The number of anilines is 2. The van der Waals surface area contributed by atoms with Gasteiger partial charge in [-0.1, -0.05) is 38.5 Å².